The zero-order chi connectivity index (χ0) is 27.6. The first-order valence-corrected chi connectivity index (χ1v) is 15.5. The predicted molar refractivity (Wildman–Crippen MR) is 150 cm³/mol. The number of unbranched alkanes of at least 4 members (excludes halogenated alkanes) is 12. The van der Waals surface area contributed by atoms with Gasteiger partial charge in [-0.05, 0) is 25.7 Å². The molecule has 0 bridgehead atoms. The first-order chi connectivity index (χ1) is 18.0. The van der Waals surface area contributed by atoms with Crippen molar-refractivity contribution >= 4 is 17.9 Å². The van der Waals surface area contributed by atoms with Crippen LogP contribution in [0.1, 0.15) is 156 Å². The van der Waals surface area contributed by atoms with Crippen LogP contribution in [0.4, 0.5) is 0 Å². The van der Waals surface area contributed by atoms with Crippen molar-refractivity contribution < 1.29 is 28.6 Å². The van der Waals surface area contributed by atoms with Gasteiger partial charge in [0.15, 0.2) is 6.10 Å². The molecular weight excluding hydrogens is 468 g/mol. The Morgan fingerprint density at radius 1 is 0.514 bits per heavy atom. The van der Waals surface area contributed by atoms with Crippen LogP contribution in [0.25, 0.3) is 0 Å². The Labute approximate surface area is 228 Å². The highest BCUT2D eigenvalue weighted by molar-refractivity contribution is 5.73. The number of carbonyl (C=O) groups is 3. The van der Waals surface area contributed by atoms with Gasteiger partial charge in [0.25, 0.3) is 0 Å². The molecule has 0 unspecified atom stereocenters. The van der Waals surface area contributed by atoms with Gasteiger partial charge < -0.3 is 14.2 Å². The number of ether oxygens (including phenoxy) is 3. The van der Waals surface area contributed by atoms with Crippen molar-refractivity contribution in [2.75, 3.05) is 13.2 Å². The van der Waals surface area contributed by atoms with Gasteiger partial charge in [0.1, 0.15) is 13.2 Å². The smallest absolute Gasteiger partial charge is 0.309 e. The summed E-state index contributed by atoms with van der Waals surface area (Å²) in [6, 6.07) is 0. The molecule has 0 N–H and O–H groups in total. The average Bonchev–Trinajstić information content (AvgIpc) is 2.88. The van der Waals surface area contributed by atoms with E-state index in [1.54, 1.807) is 0 Å². The number of carbonyl (C=O) groups excluding carboxylic acids is 3. The summed E-state index contributed by atoms with van der Waals surface area (Å²) in [7, 11) is 0. The number of hydrogen-bond acceptors (Lipinski definition) is 6. The Morgan fingerprint density at radius 2 is 0.892 bits per heavy atom. The van der Waals surface area contributed by atoms with Crippen LogP contribution in [0, 0.1) is 5.92 Å². The third-order valence-corrected chi connectivity index (χ3v) is 6.72. The van der Waals surface area contributed by atoms with Crippen molar-refractivity contribution in [3.8, 4) is 0 Å². The van der Waals surface area contributed by atoms with E-state index in [1.165, 1.54) is 51.4 Å². The third-order valence-electron chi connectivity index (χ3n) is 6.72. The standard InChI is InChI=1S/C31H58O6/c1-5-9-11-13-15-17-19-23-29(32)35-25-28(37-31(34)27(21-7-3)22-8-4)26-36-30(33)24-20-18-16-14-12-10-6-2/h27-28H,5-26H2,1-4H3. The van der Waals surface area contributed by atoms with Crippen LogP contribution in [0.3, 0.4) is 0 Å². The lowest BCUT2D eigenvalue weighted by Gasteiger charge is -2.21. The van der Waals surface area contributed by atoms with Crippen LogP contribution in [-0.4, -0.2) is 37.2 Å². The minimum absolute atomic E-state index is 0.0727. The summed E-state index contributed by atoms with van der Waals surface area (Å²) in [6.45, 7) is 8.35. The summed E-state index contributed by atoms with van der Waals surface area (Å²) >= 11 is 0. The molecule has 0 amide bonds. The van der Waals surface area contributed by atoms with Gasteiger partial charge in [-0.3, -0.25) is 14.4 Å². The lowest BCUT2D eigenvalue weighted by Crippen LogP contribution is -2.33. The average molecular weight is 527 g/mol. The Morgan fingerprint density at radius 3 is 1.27 bits per heavy atom. The molecule has 0 aliphatic carbocycles. The topological polar surface area (TPSA) is 78.9 Å². The molecule has 0 aromatic carbocycles. The van der Waals surface area contributed by atoms with Gasteiger partial charge in [-0.15, -0.1) is 0 Å². The van der Waals surface area contributed by atoms with Crippen molar-refractivity contribution in [2.45, 2.75) is 162 Å². The molecule has 37 heavy (non-hydrogen) atoms. The molecule has 0 saturated carbocycles. The van der Waals surface area contributed by atoms with Crippen molar-refractivity contribution in [3.05, 3.63) is 0 Å². The molecule has 0 aromatic rings. The van der Waals surface area contributed by atoms with E-state index in [9.17, 15) is 14.4 Å². The second kappa shape index (κ2) is 26.0. The van der Waals surface area contributed by atoms with E-state index in [4.69, 9.17) is 14.2 Å². The molecule has 0 radical (unpaired) electrons. The predicted octanol–water partition coefficient (Wildman–Crippen LogP) is 8.48. The lowest BCUT2D eigenvalue weighted by atomic mass is 9.98. The maximum absolute atomic E-state index is 12.8. The zero-order valence-corrected chi connectivity index (χ0v) is 24.7. The van der Waals surface area contributed by atoms with Crippen LogP contribution in [0.15, 0.2) is 0 Å². The number of hydrogen-bond donors (Lipinski definition) is 0. The molecular formula is C31H58O6. The van der Waals surface area contributed by atoms with Crippen LogP contribution in [-0.2, 0) is 28.6 Å². The summed E-state index contributed by atoms with van der Waals surface area (Å²) in [6.07, 6.45) is 19.1. The van der Waals surface area contributed by atoms with Gasteiger partial charge in [0.2, 0.25) is 0 Å². The van der Waals surface area contributed by atoms with E-state index in [0.29, 0.717) is 12.8 Å². The molecule has 0 spiro atoms. The Kier molecular flexibility index (Phi) is 24.9. The van der Waals surface area contributed by atoms with Crippen molar-refractivity contribution in [3.63, 3.8) is 0 Å². The largest absolute Gasteiger partial charge is 0.462 e. The fourth-order valence-corrected chi connectivity index (χ4v) is 4.42. The van der Waals surface area contributed by atoms with Crippen molar-refractivity contribution in [2.24, 2.45) is 5.92 Å². The quantitative estimate of drug-likeness (QED) is 0.0639. The molecule has 6 nitrogen and oxygen atoms in total. The highest BCUT2D eigenvalue weighted by Crippen LogP contribution is 2.17. The minimum atomic E-state index is -0.764. The molecule has 0 aliphatic rings. The van der Waals surface area contributed by atoms with E-state index in [2.05, 4.69) is 13.8 Å². The van der Waals surface area contributed by atoms with Gasteiger partial charge >= 0.3 is 17.9 Å². The summed E-state index contributed by atoms with van der Waals surface area (Å²) in [5.74, 6) is -1.05. The molecule has 0 saturated heterocycles. The molecule has 0 heterocycles. The Balaban J connectivity index is 4.54. The number of esters is 3. The monoisotopic (exact) mass is 526 g/mol. The maximum atomic E-state index is 12.8. The van der Waals surface area contributed by atoms with Crippen LogP contribution < -0.4 is 0 Å². The maximum Gasteiger partial charge on any atom is 0.309 e. The minimum Gasteiger partial charge on any atom is -0.462 e. The molecule has 0 atom stereocenters. The zero-order valence-electron chi connectivity index (χ0n) is 24.7. The highest BCUT2D eigenvalue weighted by atomic mass is 16.6. The van der Waals surface area contributed by atoms with Gasteiger partial charge in [0, 0.05) is 12.8 Å². The van der Waals surface area contributed by atoms with Crippen molar-refractivity contribution in [1.82, 2.24) is 0 Å². The second-order valence-electron chi connectivity index (χ2n) is 10.4. The number of rotatable bonds is 26. The summed E-state index contributed by atoms with van der Waals surface area (Å²) in [5, 5.41) is 0. The van der Waals surface area contributed by atoms with Crippen molar-refractivity contribution in [1.29, 1.82) is 0 Å². The summed E-state index contributed by atoms with van der Waals surface area (Å²) in [5.41, 5.74) is 0. The van der Waals surface area contributed by atoms with Gasteiger partial charge in [-0.2, -0.15) is 0 Å². The molecule has 218 valence electrons. The van der Waals surface area contributed by atoms with Crippen LogP contribution >= 0.6 is 0 Å². The second-order valence-corrected chi connectivity index (χ2v) is 10.4. The fourth-order valence-electron chi connectivity index (χ4n) is 4.42. The highest BCUT2D eigenvalue weighted by Gasteiger charge is 2.24. The summed E-state index contributed by atoms with van der Waals surface area (Å²) < 4.78 is 16.5. The molecule has 0 fully saturated rings. The first-order valence-electron chi connectivity index (χ1n) is 15.5. The third kappa shape index (κ3) is 22.1. The van der Waals surface area contributed by atoms with Gasteiger partial charge in [-0.1, -0.05) is 118 Å². The summed E-state index contributed by atoms with van der Waals surface area (Å²) in [4.78, 5) is 37.2. The molecule has 0 aliphatic heterocycles. The van der Waals surface area contributed by atoms with Crippen LogP contribution in [0.2, 0.25) is 0 Å². The molecule has 6 heteroatoms. The van der Waals surface area contributed by atoms with Crippen LogP contribution in [0.5, 0.6) is 0 Å². The van der Waals surface area contributed by atoms with Gasteiger partial charge in [0.05, 0.1) is 5.92 Å². The van der Waals surface area contributed by atoms with E-state index >= 15 is 0 Å². The normalized spacial score (nSPS) is 11.2. The SMILES string of the molecule is CCCCCCCCCC(=O)OCC(COC(=O)CCCCCCCCC)OC(=O)C(CCC)CCC. The van der Waals surface area contributed by atoms with E-state index in [-0.39, 0.29) is 37.0 Å². The fraction of sp³-hybridized carbons (Fsp3) is 0.903. The lowest BCUT2D eigenvalue weighted by molar-refractivity contribution is -0.170. The Bertz CT molecular complexity index is 522. The van der Waals surface area contributed by atoms with E-state index in [1.807, 2.05) is 13.8 Å². The van der Waals surface area contributed by atoms with Gasteiger partial charge in [-0.25, -0.2) is 0 Å². The van der Waals surface area contributed by atoms with E-state index in [0.717, 1.165) is 64.2 Å². The molecule has 0 aromatic heterocycles. The first kappa shape index (κ1) is 35.4. The van der Waals surface area contributed by atoms with E-state index < -0.39 is 6.10 Å². The molecule has 0 rings (SSSR count). The Hall–Kier alpha value is -1.59.